The molecule has 0 spiro atoms. The molecule has 2 aliphatic heterocycles. The molecule has 2 saturated heterocycles. The summed E-state index contributed by atoms with van der Waals surface area (Å²) in [6.45, 7) is 18.7. The maximum Gasteiger partial charge on any atom is 0.338 e. The number of nitrogens with one attached hydrogen (secondary N) is 2. The number of rotatable bonds is 11. The lowest BCUT2D eigenvalue weighted by molar-refractivity contribution is -0.117. The molecule has 0 bridgehead atoms. The van der Waals surface area contributed by atoms with Gasteiger partial charge in [0, 0.05) is 36.5 Å². The van der Waals surface area contributed by atoms with Crippen molar-refractivity contribution >= 4 is 5.97 Å². The molecule has 2 aromatic carbocycles. The van der Waals surface area contributed by atoms with Crippen molar-refractivity contribution in [2.24, 2.45) is 17.8 Å². The molecule has 2 N–H and O–H groups in total. The van der Waals surface area contributed by atoms with Crippen molar-refractivity contribution in [2.45, 2.75) is 124 Å². The first-order chi connectivity index (χ1) is 19.9. The average molecular weight is 579 g/mol. The second kappa shape index (κ2) is 14.5. The third-order valence-corrected chi connectivity index (χ3v) is 9.04. The molecule has 6 nitrogen and oxygen atoms in total. The Bertz CT molecular complexity index is 1110. The van der Waals surface area contributed by atoms with Crippen LogP contribution in [0.25, 0.3) is 11.1 Å². The van der Waals surface area contributed by atoms with Crippen LogP contribution in [0.15, 0.2) is 48.5 Å². The van der Waals surface area contributed by atoms with Crippen LogP contribution in [0.1, 0.15) is 97.0 Å². The molecular weight excluding hydrogens is 524 g/mol. The number of hydrogen-bond acceptors (Lipinski definition) is 6. The molecule has 4 unspecified atom stereocenters. The minimum absolute atomic E-state index is 0.0538. The van der Waals surface area contributed by atoms with Gasteiger partial charge >= 0.3 is 5.97 Å². The number of hydrogen-bond donors (Lipinski definition) is 2. The quantitative estimate of drug-likeness (QED) is 0.165. The fraction of sp³-hybridized carbons (Fsp3) is 0.639. The van der Waals surface area contributed by atoms with E-state index in [9.17, 15) is 4.79 Å². The van der Waals surface area contributed by atoms with Gasteiger partial charge in [0.15, 0.2) is 0 Å². The normalized spacial score (nSPS) is 26.1. The summed E-state index contributed by atoms with van der Waals surface area (Å²) in [5.41, 5.74) is 3.95. The van der Waals surface area contributed by atoms with E-state index in [1.165, 1.54) is 0 Å². The molecule has 0 aliphatic carbocycles. The fourth-order valence-corrected chi connectivity index (χ4v) is 6.34. The first kappa shape index (κ1) is 32.7. The molecule has 2 heterocycles. The first-order valence-electron chi connectivity index (χ1n) is 16.0. The highest BCUT2D eigenvalue weighted by atomic mass is 16.7. The minimum atomic E-state index is -0.235. The monoisotopic (exact) mass is 578 g/mol. The standard InChI is InChI=1S/C36H54N2O4/c1-23(2)32-17-30(18-33(37-32)24(3)4)42-35(39)29-15-13-28(14-16-29)27-11-9-26(10-12-27)21-40-22-41-31-19-34(25(5)6)38-36(7,8)20-31/h9-16,23-25,30-34,37-38H,17-22H2,1-8H3. The van der Waals surface area contributed by atoms with Crippen molar-refractivity contribution in [3.8, 4) is 11.1 Å². The summed E-state index contributed by atoms with van der Waals surface area (Å²) < 4.78 is 18.0. The van der Waals surface area contributed by atoms with Crippen molar-refractivity contribution < 1.29 is 19.0 Å². The number of ether oxygens (including phenoxy) is 3. The zero-order valence-electron chi connectivity index (χ0n) is 27.1. The van der Waals surface area contributed by atoms with E-state index in [0.29, 0.717) is 54.8 Å². The van der Waals surface area contributed by atoms with Gasteiger partial charge in [-0.15, -0.1) is 0 Å². The first-order valence-corrected chi connectivity index (χ1v) is 16.0. The third-order valence-electron chi connectivity index (χ3n) is 9.04. The zero-order chi connectivity index (χ0) is 30.4. The smallest absolute Gasteiger partial charge is 0.338 e. The molecule has 2 aromatic rings. The van der Waals surface area contributed by atoms with Gasteiger partial charge in [-0.3, -0.25) is 0 Å². The topological polar surface area (TPSA) is 68.8 Å². The molecule has 6 heteroatoms. The molecule has 0 amide bonds. The molecule has 0 radical (unpaired) electrons. The van der Waals surface area contributed by atoms with Gasteiger partial charge in [0.05, 0.1) is 18.3 Å². The van der Waals surface area contributed by atoms with Gasteiger partial charge in [-0.25, -0.2) is 4.79 Å². The van der Waals surface area contributed by atoms with Gasteiger partial charge in [-0.2, -0.15) is 0 Å². The molecule has 42 heavy (non-hydrogen) atoms. The van der Waals surface area contributed by atoms with Crippen LogP contribution >= 0.6 is 0 Å². The van der Waals surface area contributed by atoms with Crippen LogP contribution in [-0.2, 0) is 20.8 Å². The van der Waals surface area contributed by atoms with Crippen LogP contribution < -0.4 is 10.6 Å². The van der Waals surface area contributed by atoms with Crippen molar-refractivity contribution in [1.82, 2.24) is 10.6 Å². The van der Waals surface area contributed by atoms with E-state index in [2.05, 4.69) is 90.3 Å². The van der Waals surface area contributed by atoms with Gasteiger partial charge in [0.1, 0.15) is 12.9 Å². The Hall–Kier alpha value is -2.25. The van der Waals surface area contributed by atoms with E-state index in [-0.39, 0.29) is 23.7 Å². The minimum Gasteiger partial charge on any atom is -0.459 e. The number of esters is 1. The van der Waals surface area contributed by atoms with Gasteiger partial charge < -0.3 is 24.8 Å². The summed E-state index contributed by atoms with van der Waals surface area (Å²) in [6.07, 6.45) is 3.89. The van der Waals surface area contributed by atoms with E-state index in [0.717, 1.165) is 42.4 Å². The predicted octanol–water partition coefficient (Wildman–Crippen LogP) is 7.36. The number of benzene rings is 2. The van der Waals surface area contributed by atoms with Gasteiger partial charge in [-0.05, 0) is 73.3 Å². The zero-order valence-corrected chi connectivity index (χ0v) is 27.1. The molecule has 0 aromatic heterocycles. The number of piperidine rings is 2. The van der Waals surface area contributed by atoms with Crippen LogP contribution in [0, 0.1) is 17.8 Å². The Morgan fingerprint density at radius 3 is 1.86 bits per heavy atom. The summed E-state index contributed by atoms with van der Waals surface area (Å²) in [5.74, 6) is 1.35. The fourth-order valence-electron chi connectivity index (χ4n) is 6.34. The Morgan fingerprint density at radius 1 is 0.786 bits per heavy atom. The van der Waals surface area contributed by atoms with Crippen LogP contribution in [0.4, 0.5) is 0 Å². The van der Waals surface area contributed by atoms with Crippen molar-refractivity contribution in [1.29, 1.82) is 0 Å². The molecule has 2 fully saturated rings. The van der Waals surface area contributed by atoms with Crippen LogP contribution in [-0.4, -0.2) is 48.6 Å². The van der Waals surface area contributed by atoms with Crippen LogP contribution in [0.3, 0.4) is 0 Å². The number of carbonyl (C=O) groups is 1. The van der Waals surface area contributed by atoms with E-state index in [4.69, 9.17) is 14.2 Å². The van der Waals surface area contributed by atoms with Crippen LogP contribution in [0.2, 0.25) is 0 Å². The second-order valence-electron chi connectivity index (χ2n) is 14.2. The largest absolute Gasteiger partial charge is 0.459 e. The Balaban J connectivity index is 1.25. The summed E-state index contributed by atoms with van der Waals surface area (Å²) in [7, 11) is 0. The summed E-state index contributed by atoms with van der Waals surface area (Å²) in [5, 5.41) is 7.50. The van der Waals surface area contributed by atoms with E-state index in [1.54, 1.807) is 0 Å². The molecule has 4 rings (SSSR count). The van der Waals surface area contributed by atoms with Gasteiger partial charge in [0.2, 0.25) is 0 Å². The Labute approximate surface area is 254 Å². The van der Waals surface area contributed by atoms with E-state index in [1.807, 2.05) is 24.3 Å². The highest BCUT2D eigenvalue weighted by Crippen LogP contribution is 2.29. The number of carbonyl (C=O) groups excluding carboxylic acids is 1. The second-order valence-corrected chi connectivity index (χ2v) is 14.2. The summed E-state index contributed by atoms with van der Waals surface area (Å²) in [6, 6.07) is 17.3. The SMILES string of the molecule is CC(C)C1CC(OC(=O)c2ccc(-c3ccc(COCOC4CC(C(C)C)NC(C)(C)C4)cc3)cc2)CC(C(C)C)N1. The highest BCUT2D eigenvalue weighted by Gasteiger charge is 2.35. The maximum absolute atomic E-state index is 13.0. The molecule has 4 atom stereocenters. The highest BCUT2D eigenvalue weighted by molar-refractivity contribution is 5.90. The van der Waals surface area contributed by atoms with Gasteiger partial charge in [-0.1, -0.05) is 77.9 Å². The van der Waals surface area contributed by atoms with E-state index >= 15 is 0 Å². The Kier molecular flexibility index (Phi) is 11.3. The third kappa shape index (κ3) is 9.12. The molecule has 0 saturated carbocycles. The molecular formula is C36H54N2O4. The summed E-state index contributed by atoms with van der Waals surface area (Å²) >= 11 is 0. The lowest BCUT2D eigenvalue weighted by Crippen LogP contribution is -2.56. The lowest BCUT2D eigenvalue weighted by atomic mass is 9.83. The lowest BCUT2D eigenvalue weighted by Gasteiger charge is -2.43. The van der Waals surface area contributed by atoms with Crippen LogP contribution in [0.5, 0.6) is 0 Å². The maximum atomic E-state index is 13.0. The predicted molar refractivity (Wildman–Crippen MR) is 170 cm³/mol. The molecule has 2 aliphatic rings. The van der Waals surface area contributed by atoms with Crippen molar-refractivity contribution in [3.63, 3.8) is 0 Å². The average Bonchev–Trinajstić information content (AvgIpc) is 2.94. The molecule has 232 valence electrons. The van der Waals surface area contributed by atoms with Gasteiger partial charge in [0.25, 0.3) is 0 Å². The van der Waals surface area contributed by atoms with Crippen molar-refractivity contribution in [3.05, 3.63) is 59.7 Å². The Morgan fingerprint density at radius 2 is 1.31 bits per heavy atom. The van der Waals surface area contributed by atoms with E-state index < -0.39 is 0 Å². The van der Waals surface area contributed by atoms with Crippen molar-refractivity contribution in [2.75, 3.05) is 6.79 Å². The summed E-state index contributed by atoms with van der Waals surface area (Å²) in [4.78, 5) is 13.0.